The lowest BCUT2D eigenvalue weighted by Gasteiger charge is -2.11. The quantitative estimate of drug-likeness (QED) is 0.546. The first kappa shape index (κ1) is 18.9. The minimum atomic E-state index is -0.290. The molecule has 2 amide bonds. The molecule has 0 aliphatic heterocycles. The summed E-state index contributed by atoms with van der Waals surface area (Å²) in [7, 11) is 3.11. The van der Waals surface area contributed by atoms with Gasteiger partial charge in [-0.05, 0) is 36.4 Å². The maximum atomic E-state index is 12.8. The van der Waals surface area contributed by atoms with Crippen LogP contribution in [0.4, 0.5) is 14.9 Å². The van der Waals surface area contributed by atoms with Crippen molar-refractivity contribution < 1.29 is 18.7 Å². The number of thioether (sulfide) groups is 1. The molecule has 2 rings (SSSR count). The van der Waals surface area contributed by atoms with Crippen LogP contribution in [0.5, 0.6) is 11.5 Å². The zero-order valence-electron chi connectivity index (χ0n) is 14.2. The lowest BCUT2D eigenvalue weighted by atomic mass is 10.3. The third-order valence-electron chi connectivity index (χ3n) is 3.30. The number of hydrogen-bond acceptors (Lipinski definition) is 4. The highest BCUT2D eigenvalue weighted by Gasteiger charge is 2.05. The van der Waals surface area contributed by atoms with Crippen molar-refractivity contribution in [1.29, 1.82) is 0 Å². The van der Waals surface area contributed by atoms with Crippen molar-refractivity contribution in [2.45, 2.75) is 11.3 Å². The van der Waals surface area contributed by atoms with Gasteiger partial charge in [-0.3, -0.25) is 0 Å². The minimum Gasteiger partial charge on any atom is -0.497 e. The van der Waals surface area contributed by atoms with E-state index in [1.54, 1.807) is 56.3 Å². The molecule has 25 heavy (non-hydrogen) atoms. The van der Waals surface area contributed by atoms with E-state index in [1.807, 2.05) is 0 Å². The highest BCUT2D eigenvalue weighted by molar-refractivity contribution is 7.99. The second-order valence-corrected chi connectivity index (χ2v) is 6.31. The monoisotopic (exact) mass is 364 g/mol. The van der Waals surface area contributed by atoms with E-state index >= 15 is 0 Å². The minimum absolute atomic E-state index is 0.239. The van der Waals surface area contributed by atoms with Crippen molar-refractivity contribution in [2.75, 3.05) is 31.8 Å². The first-order valence-corrected chi connectivity index (χ1v) is 8.75. The molecule has 0 bridgehead atoms. The van der Waals surface area contributed by atoms with Gasteiger partial charge in [-0.25, -0.2) is 9.18 Å². The number of nitrogens with one attached hydrogen (secondary N) is 2. The van der Waals surface area contributed by atoms with Gasteiger partial charge in [-0.15, -0.1) is 11.8 Å². The topological polar surface area (TPSA) is 59.6 Å². The van der Waals surface area contributed by atoms with E-state index in [0.29, 0.717) is 23.7 Å². The fourth-order valence-electron chi connectivity index (χ4n) is 2.05. The number of methoxy groups -OCH3 is 2. The first-order valence-electron chi connectivity index (χ1n) is 7.77. The predicted molar refractivity (Wildman–Crippen MR) is 98.3 cm³/mol. The number of rotatable bonds is 8. The summed E-state index contributed by atoms with van der Waals surface area (Å²) in [6.45, 7) is 0.543. The number of amides is 2. The van der Waals surface area contributed by atoms with Crippen LogP contribution in [0.1, 0.15) is 6.42 Å². The standard InChI is InChI=1S/C18H21FN2O3S/c1-23-15-10-14(11-16(12-15)24-2)21-18(22)20-8-3-9-25-17-6-4-13(19)5-7-17/h4-7,10-12H,3,8-9H2,1-2H3,(H2,20,21,22). The summed E-state index contributed by atoms with van der Waals surface area (Å²) in [5.41, 5.74) is 0.592. The van der Waals surface area contributed by atoms with Gasteiger partial charge in [0, 0.05) is 35.3 Å². The first-order chi connectivity index (χ1) is 12.1. The Labute approximate surface area is 150 Å². The number of carbonyl (C=O) groups is 1. The molecule has 0 radical (unpaired) electrons. The second kappa shape index (κ2) is 9.78. The molecule has 2 aromatic rings. The summed E-state index contributed by atoms with van der Waals surface area (Å²) in [5, 5.41) is 5.54. The summed E-state index contributed by atoms with van der Waals surface area (Å²) >= 11 is 1.62. The number of carbonyl (C=O) groups excluding carboxylic acids is 1. The number of hydrogen-bond donors (Lipinski definition) is 2. The molecule has 0 heterocycles. The smallest absolute Gasteiger partial charge is 0.319 e. The average Bonchev–Trinajstić information content (AvgIpc) is 2.62. The summed E-state index contributed by atoms with van der Waals surface area (Å²) in [6, 6.07) is 11.2. The molecule has 0 spiro atoms. The molecular formula is C18H21FN2O3S. The summed E-state index contributed by atoms with van der Waals surface area (Å²) in [5.74, 6) is 1.80. The maximum absolute atomic E-state index is 12.8. The van der Waals surface area contributed by atoms with Gasteiger partial charge in [0.05, 0.1) is 14.2 Å². The Hall–Kier alpha value is -2.41. The third kappa shape index (κ3) is 6.54. The van der Waals surface area contributed by atoms with Crippen LogP contribution in [-0.2, 0) is 0 Å². The molecule has 0 fully saturated rings. The molecule has 2 aromatic carbocycles. The van der Waals surface area contributed by atoms with Gasteiger partial charge < -0.3 is 20.1 Å². The second-order valence-electron chi connectivity index (χ2n) is 5.14. The van der Waals surface area contributed by atoms with E-state index in [2.05, 4.69) is 10.6 Å². The normalized spacial score (nSPS) is 10.2. The Kier molecular flexibility index (Phi) is 7.40. The zero-order chi connectivity index (χ0) is 18.1. The van der Waals surface area contributed by atoms with E-state index in [4.69, 9.17) is 9.47 Å². The molecule has 7 heteroatoms. The average molecular weight is 364 g/mol. The van der Waals surface area contributed by atoms with Gasteiger partial charge in [0.25, 0.3) is 0 Å². The predicted octanol–water partition coefficient (Wildman–Crippen LogP) is 4.15. The number of benzene rings is 2. The number of urea groups is 1. The summed E-state index contributed by atoms with van der Waals surface area (Å²) in [4.78, 5) is 12.9. The highest BCUT2D eigenvalue weighted by Crippen LogP contribution is 2.25. The molecule has 134 valence electrons. The Bertz CT molecular complexity index is 673. The molecule has 0 aromatic heterocycles. The van der Waals surface area contributed by atoms with Crippen LogP contribution in [0, 0.1) is 5.82 Å². The number of halogens is 1. The molecule has 0 atom stereocenters. The Balaban J connectivity index is 1.71. The molecular weight excluding hydrogens is 343 g/mol. The fraction of sp³-hybridized carbons (Fsp3) is 0.278. The van der Waals surface area contributed by atoms with Crippen LogP contribution in [0.25, 0.3) is 0 Å². The lowest BCUT2D eigenvalue weighted by molar-refractivity contribution is 0.252. The largest absolute Gasteiger partial charge is 0.497 e. The Morgan fingerprint density at radius 2 is 1.72 bits per heavy atom. The Morgan fingerprint density at radius 3 is 2.32 bits per heavy atom. The lowest BCUT2D eigenvalue weighted by Crippen LogP contribution is -2.29. The van der Waals surface area contributed by atoms with Crippen molar-refractivity contribution in [3.8, 4) is 11.5 Å². The highest BCUT2D eigenvalue weighted by atomic mass is 32.2. The fourth-order valence-corrected chi connectivity index (χ4v) is 2.90. The molecule has 5 nitrogen and oxygen atoms in total. The van der Waals surface area contributed by atoms with Gasteiger partial charge in [0.1, 0.15) is 17.3 Å². The van der Waals surface area contributed by atoms with Crippen molar-refractivity contribution in [1.82, 2.24) is 5.32 Å². The van der Waals surface area contributed by atoms with Crippen LogP contribution in [-0.4, -0.2) is 32.5 Å². The molecule has 0 aliphatic rings. The molecule has 2 N–H and O–H groups in total. The molecule has 0 saturated heterocycles. The van der Waals surface area contributed by atoms with E-state index in [-0.39, 0.29) is 11.8 Å². The number of ether oxygens (including phenoxy) is 2. The van der Waals surface area contributed by atoms with Crippen LogP contribution in [0.15, 0.2) is 47.4 Å². The van der Waals surface area contributed by atoms with Gasteiger partial charge in [-0.2, -0.15) is 0 Å². The van der Waals surface area contributed by atoms with E-state index in [9.17, 15) is 9.18 Å². The van der Waals surface area contributed by atoms with Gasteiger partial charge >= 0.3 is 6.03 Å². The van der Waals surface area contributed by atoms with Crippen molar-refractivity contribution in [2.24, 2.45) is 0 Å². The SMILES string of the molecule is COc1cc(NC(=O)NCCCSc2ccc(F)cc2)cc(OC)c1. The molecule has 0 aliphatic carbocycles. The Morgan fingerprint density at radius 1 is 1.08 bits per heavy atom. The summed E-state index contributed by atoms with van der Waals surface area (Å²) in [6.07, 6.45) is 0.802. The van der Waals surface area contributed by atoms with E-state index in [1.165, 1.54) is 12.1 Å². The van der Waals surface area contributed by atoms with E-state index < -0.39 is 0 Å². The van der Waals surface area contributed by atoms with Crippen molar-refractivity contribution in [3.63, 3.8) is 0 Å². The summed E-state index contributed by atoms with van der Waals surface area (Å²) < 4.78 is 23.1. The van der Waals surface area contributed by atoms with Crippen molar-refractivity contribution in [3.05, 3.63) is 48.3 Å². The van der Waals surface area contributed by atoms with Crippen LogP contribution in [0.2, 0.25) is 0 Å². The maximum Gasteiger partial charge on any atom is 0.319 e. The van der Waals surface area contributed by atoms with Crippen LogP contribution < -0.4 is 20.1 Å². The van der Waals surface area contributed by atoms with E-state index in [0.717, 1.165) is 17.1 Å². The third-order valence-corrected chi connectivity index (χ3v) is 4.40. The molecule has 0 unspecified atom stereocenters. The van der Waals surface area contributed by atoms with Crippen molar-refractivity contribution >= 4 is 23.5 Å². The van der Waals surface area contributed by atoms with Gasteiger partial charge in [-0.1, -0.05) is 0 Å². The van der Waals surface area contributed by atoms with Gasteiger partial charge in [0.2, 0.25) is 0 Å². The van der Waals surface area contributed by atoms with Crippen LogP contribution >= 0.6 is 11.8 Å². The number of anilines is 1. The van der Waals surface area contributed by atoms with Crippen LogP contribution in [0.3, 0.4) is 0 Å². The van der Waals surface area contributed by atoms with Gasteiger partial charge in [0.15, 0.2) is 0 Å². The zero-order valence-corrected chi connectivity index (χ0v) is 15.0. The molecule has 0 saturated carbocycles.